The number of nitrogens with zero attached hydrogens (tertiary/aromatic N) is 2. The molecule has 10 heteroatoms. The number of carbonyl (C=O) groups excluding carboxylic acids is 2. The van der Waals surface area contributed by atoms with Gasteiger partial charge < -0.3 is 10.2 Å². The van der Waals surface area contributed by atoms with E-state index in [1.165, 1.54) is 10.4 Å². The lowest BCUT2D eigenvalue weighted by Gasteiger charge is -2.34. The Hall–Kier alpha value is -2.65. The van der Waals surface area contributed by atoms with Gasteiger partial charge in [-0.3, -0.25) is 9.59 Å². The van der Waals surface area contributed by atoms with Crippen molar-refractivity contribution in [2.75, 3.05) is 31.5 Å². The minimum Gasteiger partial charge on any atom is -0.340 e. The molecule has 0 bridgehead atoms. The maximum Gasteiger partial charge on any atom is 0.243 e. The summed E-state index contributed by atoms with van der Waals surface area (Å²) in [6.45, 7) is 0.952. The normalized spacial score (nSPS) is 14.8. The van der Waals surface area contributed by atoms with Crippen LogP contribution >= 0.6 is 23.2 Å². The second-order valence-corrected chi connectivity index (χ2v) is 10.7. The first-order valence-electron chi connectivity index (χ1n) is 10.8. The maximum atomic E-state index is 13.1. The number of piperazine rings is 1. The van der Waals surface area contributed by atoms with Crippen molar-refractivity contribution in [2.45, 2.75) is 17.7 Å². The molecule has 1 saturated heterocycles. The summed E-state index contributed by atoms with van der Waals surface area (Å²) < 4.78 is 27.6. The van der Waals surface area contributed by atoms with E-state index in [1.54, 1.807) is 35.2 Å². The molecule has 1 N–H and O–H groups in total. The van der Waals surface area contributed by atoms with E-state index in [-0.39, 0.29) is 55.7 Å². The standard InChI is InChI=1S/C24H23Cl2N3O4S/c25-19-6-8-22(21(26)16-19)27-23(30)9-10-24(31)28-11-13-29(14-12-28)34(32,33)20-7-5-17-3-1-2-4-18(17)15-20/h1-8,15-16H,9-14H2,(H,27,30). The lowest BCUT2D eigenvalue weighted by molar-refractivity contribution is -0.133. The van der Waals surface area contributed by atoms with Gasteiger partial charge in [-0.25, -0.2) is 8.42 Å². The van der Waals surface area contributed by atoms with E-state index in [0.717, 1.165) is 10.8 Å². The zero-order chi connectivity index (χ0) is 24.3. The van der Waals surface area contributed by atoms with Crippen molar-refractivity contribution in [3.05, 3.63) is 70.7 Å². The molecule has 1 aliphatic heterocycles. The molecule has 3 aromatic rings. The van der Waals surface area contributed by atoms with Crippen LogP contribution in [-0.4, -0.2) is 55.6 Å². The smallest absolute Gasteiger partial charge is 0.243 e. The third-order valence-electron chi connectivity index (χ3n) is 5.72. The number of sulfonamides is 1. The summed E-state index contributed by atoms with van der Waals surface area (Å²) in [5.74, 6) is -0.532. The quantitative estimate of drug-likeness (QED) is 0.522. The first-order valence-corrected chi connectivity index (χ1v) is 13.0. The molecule has 0 spiro atoms. The minimum atomic E-state index is -3.66. The zero-order valence-corrected chi connectivity index (χ0v) is 20.5. The summed E-state index contributed by atoms with van der Waals surface area (Å²) >= 11 is 11.9. The van der Waals surface area contributed by atoms with Crippen molar-refractivity contribution in [2.24, 2.45) is 0 Å². The highest BCUT2D eigenvalue weighted by Gasteiger charge is 2.30. The van der Waals surface area contributed by atoms with Gasteiger partial charge in [-0.05, 0) is 41.1 Å². The maximum absolute atomic E-state index is 13.1. The number of carbonyl (C=O) groups is 2. The molecule has 2 amide bonds. The van der Waals surface area contributed by atoms with Gasteiger partial charge in [0.05, 0.1) is 15.6 Å². The fraction of sp³-hybridized carbons (Fsp3) is 0.250. The topological polar surface area (TPSA) is 86.8 Å². The Morgan fingerprint density at radius 3 is 2.26 bits per heavy atom. The number of rotatable bonds is 6. The Kier molecular flexibility index (Phi) is 7.42. The first-order chi connectivity index (χ1) is 16.2. The number of benzene rings is 3. The van der Waals surface area contributed by atoms with Gasteiger partial charge in [0.2, 0.25) is 21.8 Å². The van der Waals surface area contributed by atoms with Crippen molar-refractivity contribution >= 4 is 61.5 Å². The number of amides is 2. The van der Waals surface area contributed by atoms with Gasteiger partial charge in [0.25, 0.3) is 0 Å². The number of fused-ring (bicyclic) bond motifs is 1. The molecule has 4 rings (SSSR count). The molecule has 0 aromatic heterocycles. The fourth-order valence-corrected chi connectivity index (χ4v) is 5.75. The first kappa shape index (κ1) is 24.5. The molecule has 0 radical (unpaired) electrons. The Morgan fingerprint density at radius 1 is 0.853 bits per heavy atom. The van der Waals surface area contributed by atoms with Crippen LogP contribution in [0.15, 0.2) is 65.6 Å². The monoisotopic (exact) mass is 519 g/mol. The summed E-state index contributed by atoms with van der Waals surface area (Å²) in [4.78, 5) is 26.6. The minimum absolute atomic E-state index is 0.00656. The van der Waals surface area contributed by atoms with E-state index < -0.39 is 10.0 Å². The molecule has 1 heterocycles. The highest BCUT2D eigenvalue weighted by molar-refractivity contribution is 7.89. The van der Waals surface area contributed by atoms with Crippen molar-refractivity contribution < 1.29 is 18.0 Å². The van der Waals surface area contributed by atoms with Crippen LogP contribution in [0.3, 0.4) is 0 Å². The molecule has 178 valence electrons. The summed E-state index contributed by atoms with van der Waals surface area (Å²) in [5, 5.41) is 5.27. The molecule has 1 fully saturated rings. The van der Waals surface area contributed by atoms with Gasteiger partial charge in [-0.2, -0.15) is 4.31 Å². The zero-order valence-electron chi connectivity index (χ0n) is 18.2. The van der Waals surface area contributed by atoms with Crippen LogP contribution in [0, 0.1) is 0 Å². The van der Waals surface area contributed by atoms with Gasteiger partial charge in [-0.1, -0.05) is 53.5 Å². The third kappa shape index (κ3) is 5.52. The average molecular weight is 520 g/mol. The summed E-state index contributed by atoms with van der Waals surface area (Å²) in [7, 11) is -3.66. The average Bonchev–Trinajstić information content (AvgIpc) is 2.84. The second-order valence-electron chi connectivity index (χ2n) is 7.97. The number of nitrogens with one attached hydrogen (secondary N) is 1. The Morgan fingerprint density at radius 2 is 1.56 bits per heavy atom. The van der Waals surface area contributed by atoms with Gasteiger partial charge in [-0.15, -0.1) is 0 Å². The van der Waals surface area contributed by atoms with Crippen molar-refractivity contribution in [1.29, 1.82) is 0 Å². The Labute approximate surface area is 208 Å². The molecule has 0 saturated carbocycles. The van der Waals surface area contributed by atoms with Crippen molar-refractivity contribution in [1.82, 2.24) is 9.21 Å². The fourth-order valence-electron chi connectivity index (χ4n) is 3.84. The van der Waals surface area contributed by atoms with Crippen LogP contribution in [-0.2, 0) is 19.6 Å². The van der Waals surface area contributed by atoms with Crippen molar-refractivity contribution in [3.8, 4) is 0 Å². The predicted octanol–water partition coefficient (Wildman–Crippen LogP) is 4.40. The Balaban J connectivity index is 1.30. The second kappa shape index (κ2) is 10.3. The lowest BCUT2D eigenvalue weighted by atomic mass is 10.1. The molecular formula is C24H23Cl2N3O4S. The number of halogens is 2. The third-order valence-corrected chi connectivity index (χ3v) is 8.16. The van der Waals surface area contributed by atoms with Crippen LogP contribution in [0.2, 0.25) is 10.0 Å². The summed E-state index contributed by atoms with van der Waals surface area (Å²) in [5.41, 5.74) is 0.427. The number of hydrogen-bond acceptors (Lipinski definition) is 4. The van der Waals surface area contributed by atoms with E-state index in [2.05, 4.69) is 5.32 Å². The molecule has 0 atom stereocenters. The van der Waals surface area contributed by atoms with E-state index in [4.69, 9.17) is 23.2 Å². The van der Waals surface area contributed by atoms with E-state index in [1.807, 2.05) is 24.3 Å². The molecule has 0 unspecified atom stereocenters. The highest BCUT2D eigenvalue weighted by Crippen LogP contribution is 2.26. The van der Waals surface area contributed by atoms with Crippen molar-refractivity contribution in [3.63, 3.8) is 0 Å². The highest BCUT2D eigenvalue weighted by atomic mass is 35.5. The van der Waals surface area contributed by atoms with Crippen LogP contribution in [0.25, 0.3) is 10.8 Å². The molecular weight excluding hydrogens is 497 g/mol. The molecule has 7 nitrogen and oxygen atoms in total. The van der Waals surface area contributed by atoms with Crippen LogP contribution in [0.5, 0.6) is 0 Å². The van der Waals surface area contributed by atoms with Crippen LogP contribution in [0.1, 0.15) is 12.8 Å². The molecule has 1 aliphatic rings. The largest absolute Gasteiger partial charge is 0.340 e. The summed E-state index contributed by atoms with van der Waals surface area (Å²) in [6, 6.07) is 17.4. The number of anilines is 1. The van der Waals surface area contributed by atoms with Gasteiger partial charge >= 0.3 is 0 Å². The lowest BCUT2D eigenvalue weighted by Crippen LogP contribution is -2.50. The van der Waals surface area contributed by atoms with Crippen LogP contribution in [0.4, 0.5) is 5.69 Å². The van der Waals surface area contributed by atoms with Gasteiger partial charge in [0.15, 0.2) is 0 Å². The van der Waals surface area contributed by atoms with Gasteiger partial charge in [0, 0.05) is 44.0 Å². The molecule has 34 heavy (non-hydrogen) atoms. The Bertz CT molecular complexity index is 1340. The molecule has 0 aliphatic carbocycles. The van der Waals surface area contributed by atoms with Crippen LogP contribution < -0.4 is 5.32 Å². The van der Waals surface area contributed by atoms with E-state index >= 15 is 0 Å². The van der Waals surface area contributed by atoms with E-state index in [9.17, 15) is 18.0 Å². The molecule has 3 aromatic carbocycles. The summed E-state index contributed by atoms with van der Waals surface area (Å²) in [6.07, 6.45) is 0.0157. The predicted molar refractivity (Wildman–Crippen MR) is 134 cm³/mol. The van der Waals surface area contributed by atoms with Gasteiger partial charge in [0.1, 0.15) is 0 Å². The number of hydrogen-bond donors (Lipinski definition) is 1. The van der Waals surface area contributed by atoms with E-state index in [0.29, 0.717) is 15.7 Å². The SMILES string of the molecule is O=C(CCC(=O)N1CCN(S(=O)(=O)c2ccc3ccccc3c2)CC1)Nc1ccc(Cl)cc1Cl.